The number of hydrazine groups is 1. The van der Waals surface area contributed by atoms with Gasteiger partial charge in [0.15, 0.2) is 0 Å². The second-order valence-electron chi connectivity index (χ2n) is 21.1. The predicted octanol–water partition coefficient (Wildman–Crippen LogP) is 5.03. The summed E-state index contributed by atoms with van der Waals surface area (Å²) in [5, 5.41) is 28.3. The van der Waals surface area contributed by atoms with Gasteiger partial charge in [-0.05, 0) is 105 Å². The average molecular weight is 979 g/mol. The minimum Gasteiger partial charge on any atom is -0.508 e. The maximum atomic E-state index is 14.8. The molecule has 0 aliphatic carbocycles. The van der Waals surface area contributed by atoms with E-state index in [0.717, 1.165) is 44.0 Å². The van der Waals surface area contributed by atoms with Gasteiger partial charge >= 0.3 is 12.1 Å². The van der Waals surface area contributed by atoms with E-state index in [4.69, 9.17) is 19.2 Å². The first kappa shape index (κ1) is 51.3. The van der Waals surface area contributed by atoms with Crippen LogP contribution in [0.5, 0.6) is 5.75 Å². The summed E-state index contributed by atoms with van der Waals surface area (Å²) in [5.41, 5.74) is 6.37. The van der Waals surface area contributed by atoms with Crippen molar-refractivity contribution in [3.8, 4) is 28.1 Å². The molecule has 3 saturated heterocycles. The van der Waals surface area contributed by atoms with Crippen molar-refractivity contribution >= 4 is 40.7 Å². The fourth-order valence-electron chi connectivity index (χ4n) is 10.8. The Hall–Kier alpha value is -6.08. The number of rotatable bonds is 10. The molecular weight excluding hydrogens is 909 g/mol. The summed E-state index contributed by atoms with van der Waals surface area (Å²) >= 11 is 0. The smallest absolute Gasteiger partial charge is 0.410 e. The summed E-state index contributed by atoms with van der Waals surface area (Å²) in [6.07, 6.45) is 1.72. The van der Waals surface area contributed by atoms with E-state index in [2.05, 4.69) is 34.4 Å². The summed E-state index contributed by atoms with van der Waals surface area (Å²) in [5.74, 6) is -3.53. The number of aromatic nitrogens is 2. The topological polar surface area (TPSA) is 208 Å². The molecule has 5 atom stereocenters. The van der Waals surface area contributed by atoms with Crippen LogP contribution in [0.25, 0.3) is 33.3 Å². The average Bonchev–Trinajstić information content (AvgIpc) is 3.94. The number of hydrogen-bond acceptors (Lipinski definition) is 13. The van der Waals surface area contributed by atoms with Gasteiger partial charge in [0.2, 0.25) is 17.5 Å². The highest BCUT2D eigenvalue weighted by Crippen LogP contribution is 2.42. The number of nitrogens with zero attached hydrogens (tertiary/aromatic N) is 6. The van der Waals surface area contributed by atoms with E-state index >= 15 is 0 Å². The molecule has 4 amide bonds. The Balaban J connectivity index is 1.16. The van der Waals surface area contributed by atoms with Crippen molar-refractivity contribution in [1.82, 2.24) is 40.0 Å². The number of benzene rings is 2. The van der Waals surface area contributed by atoms with Crippen LogP contribution in [0.1, 0.15) is 83.7 Å². The lowest BCUT2D eigenvalue weighted by Gasteiger charge is -2.40. The number of cyclic esters (lactones) is 1. The zero-order valence-corrected chi connectivity index (χ0v) is 42.5. The van der Waals surface area contributed by atoms with E-state index in [-0.39, 0.29) is 62.8 Å². The van der Waals surface area contributed by atoms with Crippen LogP contribution >= 0.6 is 0 Å². The molecule has 3 fully saturated rings. The number of carbonyl (C=O) groups is 5. The summed E-state index contributed by atoms with van der Waals surface area (Å²) in [4.78, 5) is 80.3. The molecule has 382 valence electrons. The number of nitrogens with one attached hydrogen (secondary N) is 2. The van der Waals surface area contributed by atoms with E-state index in [1.165, 1.54) is 9.80 Å². The van der Waals surface area contributed by atoms with Gasteiger partial charge in [0.25, 0.3) is 5.91 Å². The largest absolute Gasteiger partial charge is 0.508 e. The van der Waals surface area contributed by atoms with Crippen molar-refractivity contribution in [3.63, 3.8) is 0 Å². The molecule has 71 heavy (non-hydrogen) atoms. The third kappa shape index (κ3) is 10.6. The number of aromatic hydroxyl groups is 1. The van der Waals surface area contributed by atoms with Gasteiger partial charge in [-0.25, -0.2) is 9.59 Å². The third-order valence-electron chi connectivity index (χ3n) is 14.5. The summed E-state index contributed by atoms with van der Waals surface area (Å²) in [7, 11) is 5.15. The molecule has 2 aromatic carbocycles. The minimum absolute atomic E-state index is 0.0437. The van der Waals surface area contributed by atoms with Crippen LogP contribution in [-0.2, 0) is 52.8 Å². The second kappa shape index (κ2) is 20.6. The number of ether oxygens (including phenoxy) is 3. The quantitative estimate of drug-likeness (QED) is 0.154. The molecule has 4 aliphatic heterocycles. The molecule has 0 spiro atoms. The van der Waals surface area contributed by atoms with Gasteiger partial charge in [-0.3, -0.25) is 29.3 Å². The second-order valence-corrected chi connectivity index (χ2v) is 21.1. The number of aliphatic hydroxyl groups is 1. The number of carbonyl (C=O) groups excluding carboxylic acids is 5. The number of likely N-dealkylation sites (N-methyl/N-ethyl adjacent to an activating group) is 2. The first-order valence-corrected chi connectivity index (χ1v) is 24.9. The van der Waals surface area contributed by atoms with Crippen LogP contribution in [0.4, 0.5) is 4.79 Å². The van der Waals surface area contributed by atoms with Crippen molar-refractivity contribution in [1.29, 1.82) is 0 Å². The lowest BCUT2D eigenvalue weighted by atomic mass is 9.84. The van der Waals surface area contributed by atoms with Gasteiger partial charge in [0, 0.05) is 94.3 Å². The standard InChI is InChI=1S/C53H70N8O10/c1-10-60-43-15-14-34-25-40(43)41(46(60)39-13-11-18-54-44(39)32(4)69-9)26-52(5,6)30-70-50(66)53(68)17-12-19-61(56-53)49(65)42(23-33-21-36(34)24-37(62)22-33)55-47(63)45(31(2)3)58(8)48(64)35-16-20-59(27-35)51(67)71-38-28-57(7)29-38/h11,13-15,18,21-22,24-25,31-32,35,38,42,45,56,62,68H,10,12,16-17,19-20,23,26-30H2,1-9H3,(H,55,63)/t32-,35-,42-,45-,53-/m0/s1. The maximum absolute atomic E-state index is 14.8. The molecule has 0 radical (unpaired) electrons. The fraction of sp³-hybridized carbons (Fsp3) is 0.547. The molecule has 8 rings (SSSR count). The Bertz CT molecular complexity index is 2680. The summed E-state index contributed by atoms with van der Waals surface area (Å²) in [6, 6.07) is 12.8. The van der Waals surface area contributed by atoms with E-state index < -0.39 is 58.9 Å². The number of fused-ring (bicyclic) bond motifs is 6. The lowest BCUT2D eigenvalue weighted by Crippen LogP contribution is -2.67. The molecule has 18 nitrogen and oxygen atoms in total. The van der Waals surface area contributed by atoms with E-state index in [0.29, 0.717) is 50.1 Å². The van der Waals surface area contributed by atoms with E-state index in [1.54, 1.807) is 32.5 Å². The number of phenolic OH excluding ortho intramolecular Hbond substituents is 1. The number of methoxy groups -OCH3 is 1. The van der Waals surface area contributed by atoms with Crippen LogP contribution in [-0.4, -0.2) is 154 Å². The first-order valence-electron chi connectivity index (χ1n) is 24.9. The van der Waals surface area contributed by atoms with E-state index in [1.807, 2.05) is 70.8 Å². The number of aryl methyl sites for hydroxylation is 1. The molecule has 2 aromatic heterocycles. The molecular formula is C53H70N8O10. The Morgan fingerprint density at radius 3 is 2.51 bits per heavy atom. The molecule has 6 heterocycles. The van der Waals surface area contributed by atoms with Crippen molar-refractivity contribution in [3.05, 3.63) is 71.5 Å². The Kier molecular flexibility index (Phi) is 14.9. The summed E-state index contributed by atoms with van der Waals surface area (Å²) in [6.45, 7) is 14.1. The normalized spacial score (nSPS) is 22.9. The zero-order valence-electron chi connectivity index (χ0n) is 42.5. The van der Waals surface area contributed by atoms with Gasteiger partial charge in [0.05, 0.1) is 30.0 Å². The van der Waals surface area contributed by atoms with Crippen LogP contribution < -0.4 is 10.7 Å². The van der Waals surface area contributed by atoms with Gasteiger partial charge in [-0.15, -0.1) is 0 Å². The number of likely N-dealkylation sites (tertiary alicyclic amines) is 2. The van der Waals surface area contributed by atoms with E-state index in [9.17, 15) is 34.2 Å². The number of hydrogen-bond donors (Lipinski definition) is 4. The Morgan fingerprint density at radius 2 is 1.80 bits per heavy atom. The highest BCUT2D eigenvalue weighted by Gasteiger charge is 2.46. The van der Waals surface area contributed by atoms with Gasteiger partial charge in [-0.2, -0.15) is 5.43 Å². The number of amides is 4. The van der Waals surface area contributed by atoms with Crippen molar-refractivity contribution in [2.24, 2.45) is 17.3 Å². The molecule has 4 aliphatic rings. The monoisotopic (exact) mass is 979 g/mol. The minimum atomic E-state index is -2.27. The van der Waals surface area contributed by atoms with Crippen molar-refractivity contribution in [2.45, 2.75) is 110 Å². The number of pyridine rings is 1. The molecule has 6 bridgehead atoms. The summed E-state index contributed by atoms with van der Waals surface area (Å²) < 4.78 is 19.6. The lowest BCUT2D eigenvalue weighted by molar-refractivity contribution is -0.189. The van der Waals surface area contributed by atoms with Crippen LogP contribution in [0.2, 0.25) is 0 Å². The van der Waals surface area contributed by atoms with Crippen LogP contribution in [0.15, 0.2) is 54.7 Å². The molecule has 4 N–H and O–H groups in total. The third-order valence-corrected chi connectivity index (χ3v) is 14.5. The fourth-order valence-corrected chi connectivity index (χ4v) is 10.8. The van der Waals surface area contributed by atoms with Gasteiger partial charge in [0.1, 0.15) is 23.9 Å². The predicted molar refractivity (Wildman–Crippen MR) is 265 cm³/mol. The molecule has 0 saturated carbocycles. The maximum Gasteiger partial charge on any atom is 0.410 e. The molecule has 18 heteroatoms. The Morgan fingerprint density at radius 1 is 1.04 bits per heavy atom. The van der Waals surface area contributed by atoms with Crippen LogP contribution in [0.3, 0.4) is 0 Å². The zero-order chi connectivity index (χ0) is 51.1. The highest BCUT2D eigenvalue weighted by molar-refractivity contribution is 5.96. The highest BCUT2D eigenvalue weighted by atomic mass is 16.6. The first-order chi connectivity index (χ1) is 33.7. The SMILES string of the molecule is CCn1c(-c2cccnc2[C@H](C)OC)c2c3cc(ccc31)-c1cc(O)cc(c1)C[C@H](NC(=O)[C@H](C(C)C)N(C)C(=O)[C@H]1CCN(C(=O)OC3CN(C)C3)C1)C(=O)N1CCC[C@@](O)(N1)C(=O)OCC(C)(C)C2. The number of phenols is 1. The van der Waals surface area contributed by atoms with Crippen molar-refractivity contribution < 1.29 is 48.4 Å². The Labute approximate surface area is 415 Å². The molecule has 0 unspecified atom stereocenters. The van der Waals surface area contributed by atoms with Crippen LogP contribution in [0, 0.1) is 17.3 Å². The van der Waals surface area contributed by atoms with Gasteiger partial charge < -0.3 is 44.1 Å². The number of esters is 1. The van der Waals surface area contributed by atoms with Gasteiger partial charge in [-0.1, -0.05) is 39.8 Å². The molecule has 4 aromatic rings. The van der Waals surface area contributed by atoms with Crippen molar-refractivity contribution in [2.75, 3.05) is 60.5 Å².